The Labute approximate surface area is 110 Å². The molecule has 1 aromatic rings. The summed E-state index contributed by atoms with van der Waals surface area (Å²) in [7, 11) is 0. The Kier molecular flexibility index (Phi) is 4.91. The van der Waals surface area contributed by atoms with E-state index in [1.807, 2.05) is 19.9 Å². The molecule has 0 fully saturated rings. The molecule has 0 radical (unpaired) electrons. The van der Waals surface area contributed by atoms with E-state index in [2.05, 4.69) is 4.98 Å². The van der Waals surface area contributed by atoms with Crippen molar-refractivity contribution < 1.29 is 4.92 Å². The smallest absolute Gasteiger partial charge is 0.274 e. The van der Waals surface area contributed by atoms with E-state index in [0.29, 0.717) is 11.7 Å². The lowest BCUT2D eigenvalue weighted by Crippen LogP contribution is -2.34. The summed E-state index contributed by atoms with van der Waals surface area (Å²) >= 11 is 5.69. The molecule has 0 bridgehead atoms. The lowest BCUT2D eigenvalue weighted by Gasteiger charge is -2.27. The normalized spacial score (nSPS) is 11.7. The molecule has 1 rings (SSSR count). The van der Waals surface area contributed by atoms with Crippen LogP contribution in [-0.4, -0.2) is 20.8 Å². The fourth-order valence-corrected chi connectivity index (χ4v) is 1.56. The van der Waals surface area contributed by atoms with Crippen molar-refractivity contribution in [3.05, 3.63) is 51.2 Å². The van der Waals surface area contributed by atoms with Crippen LogP contribution >= 0.6 is 11.6 Å². The van der Waals surface area contributed by atoms with Gasteiger partial charge in [-0.2, -0.15) is 0 Å². The average Bonchev–Trinajstić information content (AvgIpc) is 2.26. The van der Waals surface area contributed by atoms with Crippen LogP contribution in [0.1, 0.15) is 19.4 Å². The molecule has 0 atom stereocenters. The van der Waals surface area contributed by atoms with Crippen molar-refractivity contribution in [3.8, 4) is 0 Å². The van der Waals surface area contributed by atoms with Gasteiger partial charge in [-0.1, -0.05) is 17.7 Å². The number of hydrogen-bond acceptors (Lipinski definition) is 5. The molecule has 0 aliphatic rings. The van der Waals surface area contributed by atoms with Crippen LogP contribution in [-0.2, 0) is 6.54 Å². The second-order valence-electron chi connectivity index (χ2n) is 4.05. The Morgan fingerprint density at radius 2 is 2.33 bits per heavy atom. The minimum atomic E-state index is -0.565. The summed E-state index contributed by atoms with van der Waals surface area (Å²) in [5, 5.41) is 10.8. The zero-order chi connectivity index (χ0) is 13.7. The molecule has 1 heterocycles. The number of pyridine rings is 1. The van der Waals surface area contributed by atoms with Gasteiger partial charge in [0.1, 0.15) is 5.15 Å². The van der Waals surface area contributed by atoms with Crippen LogP contribution in [0.25, 0.3) is 0 Å². The van der Waals surface area contributed by atoms with Gasteiger partial charge in [-0.15, -0.1) is 0 Å². The quantitative estimate of drug-likeness (QED) is 0.502. The molecule has 2 N–H and O–H groups in total. The maximum Gasteiger partial charge on any atom is 0.274 e. The van der Waals surface area contributed by atoms with Gasteiger partial charge < -0.3 is 10.6 Å². The van der Waals surface area contributed by atoms with E-state index >= 15 is 0 Å². The molecule has 18 heavy (non-hydrogen) atoms. The van der Waals surface area contributed by atoms with Gasteiger partial charge >= 0.3 is 0 Å². The number of nitrogens with zero attached hydrogens (tertiary/aromatic N) is 3. The molecule has 0 spiro atoms. The highest BCUT2D eigenvalue weighted by Crippen LogP contribution is 2.13. The highest BCUT2D eigenvalue weighted by molar-refractivity contribution is 6.29. The van der Waals surface area contributed by atoms with Crippen LogP contribution < -0.4 is 5.73 Å². The van der Waals surface area contributed by atoms with Crippen molar-refractivity contribution in [3.63, 3.8) is 0 Å². The molecule has 0 aliphatic heterocycles. The molecule has 6 nitrogen and oxygen atoms in total. The standard InChI is InChI=1S/C11H15ClN4O2/c1-8(2)15(11(13)7-16(17)18)6-9-3-4-10(12)14-5-9/h3-5,7-8H,6,13H2,1-2H3. The Morgan fingerprint density at radius 1 is 1.67 bits per heavy atom. The van der Waals surface area contributed by atoms with Crippen LogP contribution in [0.3, 0.4) is 0 Å². The fraction of sp³-hybridized carbons (Fsp3) is 0.364. The number of nitrogens with two attached hydrogens (primary N) is 1. The Bertz CT molecular complexity index is 445. The average molecular weight is 271 g/mol. The number of halogens is 1. The summed E-state index contributed by atoms with van der Waals surface area (Å²) in [4.78, 5) is 15.5. The fourth-order valence-electron chi connectivity index (χ4n) is 1.45. The third-order valence-corrected chi connectivity index (χ3v) is 2.56. The summed E-state index contributed by atoms with van der Waals surface area (Å²) in [6.45, 7) is 4.26. The summed E-state index contributed by atoms with van der Waals surface area (Å²) in [6.07, 6.45) is 2.42. The molecule has 0 aromatic carbocycles. The van der Waals surface area contributed by atoms with E-state index in [-0.39, 0.29) is 11.9 Å². The van der Waals surface area contributed by atoms with Gasteiger partial charge in [0.2, 0.25) is 0 Å². The van der Waals surface area contributed by atoms with Crippen LogP contribution in [0.2, 0.25) is 5.15 Å². The van der Waals surface area contributed by atoms with Gasteiger partial charge in [-0.05, 0) is 25.5 Å². The summed E-state index contributed by atoms with van der Waals surface area (Å²) in [5.74, 6) is 0.116. The van der Waals surface area contributed by atoms with Gasteiger partial charge in [0.05, 0.1) is 4.92 Å². The minimum absolute atomic E-state index is 0.0388. The molecule has 1 aromatic heterocycles. The number of hydrogen-bond donors (Lipinski definition) is 1. The van der Waals surface area contributed by atoms with Crippen LogP contribution in [0.4, 0.5) is 0 Å². The Hall–Kier alpha value is -1.82. The monoisotopic (exact) mass is 270 g/mol. The lowest BCUT2D eigenvalue weighted by molar-refractivity contribution is -0.404. The second kappa shape index (κ2) is 6.20. The lowest BCUT2D eigenvalue weighted by atomic mass is 10.2. The third kappa shape index (κ3) is 4.21. The molecule has 7 heteroatoms. The zero-order valence-electron chi connectivity index (χ0n) is 10.2. The number of rotatable bonds is 5. The number of aromatic nitrogens is 1. The predicted octanol–water partition coefficient (Wildman–Crippen LogP) is 1.98. The first kappa shape index (κ1) is 14.2. The topological polar surface area (TPSA) is 85.3 Å². The van der Waals surface area contributed by atoms with E-state index < -0.39 is 4.92 Å². The van der Waals surface area contributed by atoms with Crippen LogP contribution in [0.15, 0.2) is 30.4 Å². The van der Waals surface area contributed by atoms with E-state index in [1.165, 1.54) is 0 Å². The van der Waals surface area contributed by atoms with Crippen molar-refractivity contribution in [2.75, 3.05) is 0 Å². The summed E-state index contributed by atoms with van der Waals surface area (Å²) in [5.41, 5.74) is 6.58. The Balaban J connectivity index is 2.87. The third-order valence-electron chi connectivity index (χ3n) is 2.33. The summed E-state index contributed by atoms with van der Waals surface area (Å²) in [6, 6.07) is 3.52. The van der Waals surface area contributed by atoms with E-state index in [0.717, 1.165) is 11.8 Å². The molecule has 98 valence electrons. The first-order chi connectivity index (χ1) is 8.40. The maximum absolute atomic E-state index is 10.4. The first-order valence-electron chi connectivity index (χ1n) is 5.38. The van der Waals surface area contributed by atoms with Gasteiger partial charge in [-0.3, -0.25) is 10.1 Å². The van der Waals surface area contributed by atoms with Gasteiger partial charge in [0.15, 0.2) is 5.82 Å². The van der Waals surface area contributed by atoms with Gasteiger partial charge in [0, 0.05) is 18.8 Å². The van der Waals surface area contributed by atoms with E-state index in [1.54, 1.807) is 17.2 Å². The SMILES string of the molecule is CC(C)N(Cc1ccc(Cl)nc1)C(N)=C[N+](=O)[O-]. The number of nitro groups is 1. The summed E-state index contributed by atoms with van der Waals surface area (Å²) < 4.78 is 0. The molecular formula is C11H15ClN4O2. The van der Waals surface area contributed by atoms with E-state index in [9.17, 15) is 10.1 Å². The van der Waals surface area contributed by atoms with E-state index in [4.69, 9.17) is 17.3 Å². The predicted molar refractivity (Wildman–Crippen MR) is 69.2 cm³/mol. The van der Waals surface area contributed by atoms with Gasteiger partial charge in [-0.25, -0.2) is 4.98 Å². The molecule has 0 saturated carbocycles. The first-order valence-corrected chi connectivity index (χ1v) is 5.76. The van der Waals surface area contributed by atoms with Crippen LogP contribution in [0.5, 0.6) is 0 Å². The molecule has 0 saturated heterocycles. The zero-order valence-corrected chi connectivity index (χ0v) is 11.0. The second-order valence-corrected chi connectivity index (χ2v) is 4.44. The Morgan fingerprint density at radius 3 is 2.78 bits per heavy atom. The molecule has 0 amide bonds. The maximum atomic E-state index is 10.4. The largest absolute Gasteiger partial charge is 0.380 e. The van der Waals surface area contributed by atoms with Crippen molar-refractivity contribution in [1.82, 2.24) is 9.88 Å². The van der Waals surface area contributed by atoms with Crippen molar-refractivity contribution in [2.45, 2.75) is 26.4 Å². The van der Waals surface area contributed by atoms with Crippen LogP contribution in [0, 0.1) is 10.1 Å². The highest BCUT2D eigenvalue weighted by Gasteiger charge is 2.14. The molecular weight excluding hydrogens is 256 g/mol. The molecule has 0 aliphatic carbocycles. The molecule has 0 unspecified atom stereocenters. The van der Waals surface area contributed by atoms with Gasteiger partial charge in [0.25, 0.3) is 6.20 Å². The van der Waals surface area contributed by atoms with Crippen molar-refractivity contribution in [2.24, 2.45) is 5.73 Å². The van der Waals surface area contributed by atoms with Crippen molar-refractivity contribution >= 4 is 11.6 Å². The van der Waals surface area contributed by atoms with Crippen molar-refractivity contribution in [1.29, 1.82) is 0 Å². The minimum Gasteiger partial charge on any atom is -0.380 e. The highest BCUT2D eigenvalue weighted by atomic mass is 35.5.